The molecule has 1 aliphatic heterocycles. The van der Waals surface area contributed by atoms with Crippen molar-refractivity contribution >= 4 is 17.8 Å². The molecule has 0 spiro atoms. The van der Waals surface area contributed by atoms with Gasteiger partial charge < -0.3 is 10.6 Å². The van der Waals surface area contributed by atoms with Crippen LogP contribution in [0.2, 0.25) is 0 Å². The maximum absolute atomic E-state index is 12.4. The van der Waals surface area contributed by atoms with Crippen molar-refractivity contribution < 1.29 is 14.4 Å². The van der Waals surface area contributed by atoms with Crippen LogP contribution < -0.4 is 16.0 Å². The number of fused-ring (bicyclic) bond motifs is 3. The zero-order valence-electron chi connectivity index (χ0n) is 13.4. The molecule has 0 bridgehead atoms. The van der Waals surface area contributed by atoms with E-state index in [9.17, 15) is 14.4 Å². The number of rotatable bonds is 4. The lowest BCUT2D eigenvalue weighted by Gasteiger charge is -2.16. The third kappa shape index (κ3) is 2.76. The molecule has 4 amide bonds. The third-order valence-electron chi connectivity index (χ3n) is 4.66. The van der Waals surface area contributed by atoms with Gasteiger partial charge in [0, 0.05) is 6.42 Å². The summed E-state index contributed by atoms with van der Waals surface area (Å²) in [6.07, 6.45) is 0.443. The molecule has 6 nitrogen and oxygen atoms in total. The van der Waals surface area contributed by atoms with E-state index in [0.29, 0.717) is 0 Å². The number of benzene rings is 2. The van der Waals surface area contributed by atoms with Crippen LogP contribution in [0.25, 0.3) is 11.1 Å². The van der Waals surface area contributed by atoms with Gasteiger partial charge >= 0.3 is 6.03 Å². The van der Waals surface area contributed by atoms with E-state index in [0.717, 1.165) is 22.3 Å². The van der Waals surface area contributed by atoms with Crippen LogP contribution in [0, 0.1) is 0 Å². The SMILES string of the molecule is O=C(CCC1NC(=O)NC1=O)NC1c2ccccc2-c2ccccc21. The van der Waals surface area contributed by atoms with Crippen LogP contribution in [0.1, 0.15) is 30.0 Å². The van der Waals surface area contributed by atoms with Crippen LogP contribution in [-0.2, 0) is 9.59 Å². The molecule has 1 atom stereocenters. The number of carbonyl (C=O) groups excluding carboxylic acids is 3. The summed E-state index contributed by atoms with van der Waals surface area (Å²) in [6.45, 7) is 0. The average molecular weight is 335 g/mol. The van der Waals surface area contributed by atoms with Crippen LogP contribution in [0.5, 0.6) is 0 Å². The number of hydrogen-bond donors (Lipinski definition) is 3. The van der Waals surface area contributed by atoms with Crippen LogP contribution in [0.4, 0.5) is 4.79 Å². The van der Waals surface area contributed by atoms with Crippen molar-refractivity contribution in [1.29, 1.82) is 0 Å². The summed E-state index contributed by atoms with van der Waals surface area (Å²) in [5.41, 5.74) is 4.41. The molecular weight excluding hydrogens is 318 g/mol. The van der Waals surface area contributed by atoms with Crippen LogP contribution in [-0.4, -0.2) is 23.9 Å². The Hall–Kier alpha value is -3.15. The van der Waals surface area contributed by atoms with E-state index in [1.165, 1.54) is 0 Å². The number of urea groups is 1. The Labute approximate surface area is 144 Å². The maximum atomic E-state index is 12.4. The van der Waals surface area contributed by atoms with Crippen LogP contribution >= 0.6 is 0 Å². The minimum absolute atomic E-state index is 0.148. The Morgan fingerprint density at radius 1 is 0.960 bits per heavy atom. The molecule has 126 valence electrons. The van der Waals surface area contributed by atoms with Gasteiger partial charge in [-0.05, 0) is 28.7 Å². The van der Waals surface area contributed by atoms with Gasteiger partial charge in [-0.3, -0.25) is 14.9 Å². The Morgan fingerprint density at radius 3 is 2.12 bits per heavy atom. The molecule has 2 aromatic carbocycles. The fraction of sp³-hybridized carbons (Fsp3) is 0.211. The first-order chi connectivity index (χ1) is 12.1. The number of hydrogen-bond acceptors (Lipinski definition) is 3. The predicted octanol–water partition coefficient (Wildman–Crippen LogP) is 1.86. The zero-order chi connectivity index (χ0) is 17.4. The number of imide groups is 1. The molecule has 25 heavy (non-hydrogen) atoms. The quantitative estimate of drug-likeness (QED) is 0.745. The van der Waals surface area contributed by atoms with E-state index in [-0.39, 0.29) is 30.7 Å². The Kier molecular flexibility index (Phi) is 3.72. The lowest BCUT2D eigenvalue weighted by atomic mass is 10.0. The summed E-state index contributed by atoms with van der Waals surface area (Å²) < 4.78 is 0. The Balaban J connectivity index is 1.48. The van der Waals surface area contributed by atoms with Gasteiger partial charge in [0.1, 0.15) is 6.04 Å². The molecule has 1 aliphatic carbocycles. The fourth-order valence-corrected chi connectivity index (χ4v) is 3.48. The minimum atomic E-state index is -0.638. The minimum Gasteiger partial charge on any atom is -0.345 e. The molecule has 1 fully saturated rings. The van der Waals surface area contributed by atoms with E-state index in [2.05, 4.69) is 28.1 Å². The molecule has 0 saturated carbocycles. The topological polar surface area (TPSA) is 87.3 Å². The summed E-state index contributed by atoms with van der Waals surface area (Å²) in [4.78, 5) is 35.1. The Morgan fingerprint density at radius 2 is 1.56 bits per heavy atom. The molecule has 2 aromatic rings. The number of nitrogens with one attached hydrogen (secondary N) is 3. The Bertz CT molecular complexity index is 832. The van der Waals surface area contributed by atoms with Gasteiger partial charge in [0.25, 0.3) is 5.91 Å². The predicted molar refractivity (Wildman–Crippen MR) is 91.6 cm³/mol. The van der Waals surface area contributed by atoms with E-state index in [1.54, 1.807) is 0 Å². The van der Waals surface area contributed by atoms with Crippen molar-refractivity contribution in [1.82, 2.24) is 16.0 Å². The molecule has 0 aromatic heterocycles. The van der Waals surface area contributed by atoms with Crippen molar-refractivity contribution in [3.63, 3.8) is 0 Å². The van der Waals surface area contributed by atoms with Crippen molar-refractivity contribution in [2.75, 3.05) is 0 Å². The lowest BCUT2D eigenvalue weighted by molar-refractivity contribution is -0.122. The second kappa shape index (κ2) is 6.05. The number of amides is 4. The first kappa shape index (κ1) is 15.4. The third-order valence-corrected chi connectivity index (χ3v) is 4.66. The molecule has 3 N–H and O–H groups in total. The molecule has 0 radical (unpaired) electrons. The monoisotopic (exact) mass is 335 g/mol. The van der Waals surface area contributed by atoms with Crippen LogP contribution in [0.3, 0.4) is 0 Å². The first-order valence-electron chi connectivity index (χ1n) is 8.22. The molecule has 1 unspecified atom stereocenters. The zero-order valence-corrected chi connectivity index (χ0v) is 13.4. The highest BCUT2D eigenvalue weighted by molar-refractivity contribution is 6.04. The van der Waals surface area contributed by atoms with E-state index < -0.39 is 12.1 Å². The molecule has 1 heterocycles. The fourth-order valence-electron chi connectivity index (χ4n) is 3.48. The summed E-state index contributed by atoms with van der Waals surface area (Å²) in [7, 11) is 0. The molecule has 6 heteroatoms. The van der Waals surface area contributed by atoms with Crippen LogP contribution in [0.15, 0.2) is 48.5 Å². The standard InChI is InChI=1S/C19H17N3O3/c23-16(10-9-15-18(24)22-19(25)20-15)21-17-13-7-3-1-5-11(13)12-6-2-4-8-14(12)17/h1-8,15,17H,9-10H2,(H,21,23)(H2,20,22,24,25). The van der Waals surface area contributed by atoms with Gasteiger partial charge in [0.15, 0.2) is 0 Å². The highest BCUT2D eigenvalue weighted by Gasteiger charge is 2.31. The van der Waals surface area contributed by atoms with Crippen molar-refractivity contribution in [3.05, 3.63) is 59.7 Å². The molecule has 4 rings (SSSR count). The van der Waals surface area contributed by atoms with Gasteiger partial charge in [0.2, 0.25) is 5.91 Å². The van der Waals surface area contributed by atoms with Crippen molar-refractivity contribution in [3.8, 4) is 11.1 Å². The smallest absolute Gasteiger partial charge is 0.322 e. The molecule has 2 aliphatic rings. The van der Waals surface area contributed by atoms with Gasteiger partial charge in [-0.1, -0.05) is 48.5 Å². The summed E-state index contributed by atoms with van der Waals surface area (Å²) in [5, 5.41) is 7.73. The van der Waals surface area contributed by atoms with E-state index in [1.807, 2.05) is 36.4 Å². The average Bonchev–Trinajstić information content (AvgIpc) is 3.11. The number of carbonyl (C=O) groups is 3. The normalized spacial score (nSPS) is 18.3. The second-order valence-corrected chi connectivity index (χ2v) is 6.23. The largest absolute Gasteiger partial charge is 0.345 e. The van der Waals surface area contributed by atoms with Gasteiger partial charge in [-0.2, -0.15) is 0 Å². The summed E-state index contributed by atoms with van der Waals surface area (Å²) in [5.74, 6) is -0.528. The second-order valence-electron chi connectivity index (χ2n) is 6.23. The van der Waals surface area contributed by atoms with Gasteiger partial charge in [0.05, 0.1) is 6.04 Å². The summed E-state index contributed by atoms with van der Waals surface area (Å²) in [6, 6.07) is 14.7. The van der Waals surface area contributed by atoms with E-state index in [4.69, 9.17) is 0 Å². The summed E-state index contributed by atoms with van der Waals surface area (Å²) >= 11 is 0. The molecule has 1 saturated heterocycles. The highest BCUT2D eigenvalue weighted by atomic mass is 16.2. The maximum Gasteiger partial charge on any atom is 0.322 e. The van der Waals surface area contributed by atoms with Crippen molar-refractivity contribution in [2.24, 2.45) is 0 Å². The lowest BCUT2D eigenvalue weighted by Crippen LogP contribution is -2.33. The van der Waals surface area contributed by atoms with Crippen molar-refractivity contribution in [2.45, 2.75) is 24.9 Å². The molecular formula is C19H17N3O3. The highest BCUT2D eigenvalue weighted by Crippen LogP contribution is 2.42. The van der Waals surface area contributed by atoms with Gasteiger partial charge in [-0.25, -0.2) is 4.79 Å². The first-order valence-corrected chi connectivity index (χ1v) is 8.22. The van der Waals surface area contributed by atoms with E-state index >= 15 is 0 Å². The van der Waals surface area contributed by atoms with Gasteiger partial charge in [-0.15, -0.1) is 0 Å².